The van der Waals surface area contributed by atoms with Crippen LogP contribution in [-0.2, 0) is 4.79 Å². The third-order valence-electron chi connectivity index (χ3n) is 3.39. The van der Waals surface area contributed by atoms with Gasteiger partial charge in [-0.3, -0.25) is 14.6 Å². The van der Waals surface area contributed by atoms with Gasteiger partial charge in [0.15, 0.2) is 0 Å². The molecule has 3 rings (SSSR count). The van der Waals surface area contributed by atoms with Gasteiger partial charge in [-0.1, -0.05) is 17.7 Å². The molecule has 0 radical (unpaired) electrons. The number of fused-ring (bicyclic) bond motifs is 1. The summed E-state index contributed by atoms with van der Waals surface area (Å²) in [6.07, 6.45) is 1.47. The lowest BCUT2D eigenvalue weighted by Crippen LogP contribution is -2.14. The van der Waals surface area contributed by atoms with Crippen molar-refractivity contribution < 1.29 is 18.7 Å². The van der Waals surface area contributed by atoms with Gasteiger partial charge >= 0.3 is 5.97 Å². The first kappa shape index (κ1) is 16.9. The lowest BCUT2D eigenvalue weighted by molar-refractivity contribution is -0.131. The highest BCUT2D eigenvalue weighted by atomic mass is 35.5. The van der Waals surface area contributed by atoms with Crippen LogP contribution in [0.4, 0.5) is 10.1 Å². The van der Waals surface area contributed by atoms with Crippen molar-refractivity contribution in [2.75, 3.05) is 5.32 Å². The summed E-state index contributed by atoms with van der Waals surface area (Å²) in [5, 5.41) is 3.90. The number of hydrogen-bond acceptors (Lipinski definition) is 4. The summed E-state index contributed by atoms with van der Waals surface area (Å²) >= 11 is 6.10. The molecule has 3 aromatic rings. The molecule has 1 amide bonds. The van der Waals surface area contributed by atoms with Crippen LogP contribution in [0, 0.1) is 5.82 Å². The van der Waals surface area contributed by atoms with Crippen LogP contribution in [0.5, 0.6) is 5.75 Å². The van der Waals surface area contributed by atoms with Crippen molar-refractivity contribution in [2.24, 2.45) is 0 Å². The summed E-state index contributed by atoms with van der Waals surface area (Å²) in [5.74, 6) is -1.20. The molecule has 5 nitrogen and oxygen atoms in total. The molecule has 0 spiro atoms. The summed E-state index contributed by atoms with van der Waals surface area (Å²) in [4.78, 5) is 27.5. The van der Waals surface area contributed by atoms with E-state index in [2.05, 4.69) is 10.3 Å². The van der Waals surface area contributed by atoms with Gasteiger partial charge in [-0.05, 0) is 35.7 Å². The number of rotatable bonds is 3. The van der Waals surface area contributed by atoms with E-state index in [1.165, 1.54) is 43.5 Å². The Morgan fingerprint density at radius 1 is 1.16 bits per heavy atom. The van der Waals surface area contributed by atoms with Gasteiger partial charge in [-0.2, -0.15) is 0 Å². The molecule has 126 valence electrons. The zero-order valence-corrected chi connectivity index (χ0v) is 13.8. The normalized spacial score (nSPS) is 10.5. The topological polar surface area (TPSA) is 68.3 Å². The van der Waals surface area contributed by atoms with Crippen molar-refractivity contribution in [1.82, 2.24) is 4.98 Å². The molecule has 0 unspecified atom stereocenters. The zero-order chi connectivity index (χ0) is 18.0. The molecule has 0 aliphatic carbocycles. The van der Waals surface area contributed by atoms with Crippen molar-refractivity contribution >= 4 is 39.9 Å². The second kappa shape index (κ2) is 6.86. The summed E-state index contributed by atoms with van der Waals surface area (Å²) < 4.78 is 18.4. The maximum absolute atomic E-state index is 13.5. The monoisotopic (exact) mass is 358 g/mol. The SMILES string of the molecule is CC(=O)Oc1ccc(NC(=O)c2nccc3ccc(F)cc23)c(Cl)c1. The number of hydrogen-bond donors (Lipinski definition) is 1. The fraction of sp³-hybridized carbons (Fsp3) is 0.0556. The molecule has 2 aromatic carbocycles. The molecule has 0 saturated carbocycles. The minimum atomic E-state index is -0.529. The molecule has 0 fully saturated rings. The largest absolute Gasteiger partial charge is 0.427 e. The fourth-order valence-corrected chi connectivity index (χ4v) is 2.55. The number of amides is 1. The van der Waals surface area contributed by atoms with E-state index < -0.39 is 17.7 Å². The van der Waals surface area contributed by atoms with Crippen molar-refractivity contribution in [1.29, 1.82) is 0 Å². The number of nitrogens with zero attached hydrogens (tertiary/aromatic N) is 1. The van der Waals surface area contributed by atoms with Gasteiger partial charge in [0.1, 0.15) is 17.3 Å². The number of carbonyl (C=O) groups is 2. The van der Waals surface area contributed by atoms with E-state index >= 15 is 0 Å². The van der Waals surface area contributed by atoms with E-state index in [1.54, 1.807) is 12.1 Å². The van der Waals surface area contributed by atoms with E-state index in [1.807, 2.05) is 0 Å². The molecule has 0 saturated heterocycles. The fourth-order valence-electron chi connectivity index (χ4n) is 2.33. The number of carbonyl (C=O) groups excluding carboxylic acids is 2. The summed E-state index contributed by atoms with van der Waals surface area (Å²) in [6, 6.07) is 10.2. The Labute approximate surface area is 147 Å². The maximum Gasteiger partial charge on any atom is 0.308 e. The van der Waals surface area contributed by atoms with Crippen LogP contribution >= 0.6 is 11.6 Å². The molecular formula is C18H12ClFN2O3. The Kier molecular flexibility index (Phi) is 4.63. The Bertz CT molecular complexity index is 991. The average molecular weight is 359 g/mol. The zero-order valence-electron chi connectivity index (χ0n) is 13.0. The third-order valence-corrected chi connectivity index (χ3v) is 3.71. The van der Waals surface area contributed by atoms with Gasteiger partial charge in [-0.15, -0.1) is 0 Å². The van der Waals surface area contributed by atoms with E-state index in [0.29, 0.717) is 16.5 Å². The second-order valence-electron chi connectivity index (χ2n) is 5.21. The molecule has 0 bridgehead atoms. The van der Waals surface area contributed by atoms with Crippen LogP contribution in [0.15, 0.2) is 48.7 Å². The Hall–Kier alpha value is -2.99. The van der Waals surface area contributed by atoms with Gasteiger partial charge in [0.25, 0.3) is 5.91 Å². The minimum Gasteiger partial charge on any atom is -0.427 e. The van der Waals surface area contributed by atoms with Crippen LogP contribution in [0.25, 0.3) is 10.8 Å². The molecule has 25 heavy (non-hydrogen) atoms. The first-order valence-corrected chi connectivity index (χ1v) is 7.65. The Morgan fingerprint density at radius 2 is 1.96 bits per heavy atom. The van der Waals surface area contributed by atoms with E-state index in [9.17, 15) is 14.0 Å². The lowest BCUT2D eigenvalue weighted by atomic mass is 10.1. The van der Waals surface area contributed by atoms with Crippen LogP contribution in [0.1, 0.15) is 17.4 Å². The molecule has 0 atom stereocenters. The van der Waals surface area contributed by atoms with Gasteiger partial charge < -0.3 is 10.1 Å². The highest BCUT2D eigenvalue weighted by molar-refractivity contribution is 6.34. The Balaban J connectivity index is 1.90. The predicted molar refractivity (Wildman–Crippen MR) is 92.4 cm³/mol. The number of halogens is 2. The molecule has 1 aromatic heterocycles. The first-order valence-electron chi connectivity index (χ1n) is 7.27. The van der Waals surface area contributed by atoms with Crippen molar-refractivity contribution in [3.63, 3.8) is 0 Å². The molecular weight excluding hydrogens is 347 g/mol. The van der Waals surface area contributed by atoms with Crippen molar-refractivity contribution in [3.8, 4) is 5.75 Å². The molecule has 1 heterocycles. The lowest BCUT2D eigenvalue weighted by Gasteiger charge is -2.10. The average Bonchev–Trinajstić information content (AvgIpc) is 2.56. The highest BCUT2D eigenvalue weighted by Crippen LogP contribution is 2.28. The number of esters is 1. The maximum atomic E-state index is 13.5. The van der Waals surface area contributed by atoms with E-state index in [0.717, 1.165) is 0 Å². The summed E-state index contributed by atoms with van der Waals surface area (Å²) in [7, 11) is 0. The second-order valence-corrected chi connectivity index (χ2v) is 5.62. The molecule has 0 aliphatic rings. The predicted octanol–water partition coefficient (Wildman–Crippen LogP) is 4.20. The van der Waals surface area contributed by atoms with Crippen LogP contribution in [0.2, 0.25) is 5.02 Å². The van der Waals surface area contributed by atoms with Gasteiger partial charge in [0.2, 0.25) is 0 Å². The van der Waals surface area contributed by atoms with E-state index in [4.69, 9.17) is 16.3 Å². The number of pyridine rings is 1. The third kappa shape index (κ3) is 3.75. The van der Waals surface area contributed by atoms with Crippen molar-refractivity contribution in [2.45, 2.75) is 6.92 Å². The summed E-state index contributed by atoms with van der Waals surface area (Å²) in [6.45, 7) is 1.27. The number of nitrogens with one attached hydrogen (secondary N) is 1. The minimum absolute atomic E-state index is 0.0807. The van der Waals surface area contributed by atoms with Crippen LogP contribution in [0.3, 0.4) is 0 Å². The number of anilines is 1. The molecule has 0 aliphatic heterocycles. The summed E-state index contributed by atoms with van der Waals surface area (Å²) in [5.41, 5.74) is 0.398. The Morgan fingerprint density at radius 3 is 2.68 bits per heavy atom. The van der Waals surface area contributed by atoms with Gasteiger partial charge in [-0.25, -0.2) is 4.39 Å². The van der Waals surface area contributed by atoms with Crippen molar-refractivity contribution in [3.05, 3.63) is 65.2 Å². The van der Waals surface area contributed by atoms with Gasteiger partial charge in [0, 0.05) is 24.6 Å². The standard InChI is InChI=1S/C18H12ClFN2O3/c1-10(23)25-13-4-5-16(15(19)9-13)22-18(24)17-14-8-12(20)3-2-11(14)6-7-21-17/h2-9H,1H3,(H,22,24). The van der Waals surface area contributed by atoms with Gasteiger partial charge in [0.05, 0.1) is 10.7 Å². The number of aromatic nitrogens is 1. The molecule has 7 heteroatoms. The quantitative estimate of drug-likeness (QED) is 0.562. The van der Waals surface area contributed by atoms with Crippen LogP contribution < -0.4 is 10.1 Å². The number of ether oxygens (including phenoxy) is 1. The highest BCUT2D eigenvalue weighted by Gasteiger charge is 2.14. The van der Waals surface area contributed by atoms with E-state index in [-0.39, 0.29) is 16.5 Å². The van der Waals surface area contributed by atoms with Crippen LogP contribution in [-0.4, -0.2) is 16.9 Å². The molecule has 1 N–H and O–H groups in total. The first-order chi connectivity index (χ1) is 11.9. The number of benzene rings is 2. The smallest absolute Gasteiger partial charge is 0.308 e.